The van der Waals surface area contributed by atoms with Gasteiger partial charge >= 0.3 is 0 Å². The molecular weight excluding hydrogens is 356 g/mol. The summed E-state index contributed by atoms with van der Waals surface area (Å²) in [7, 11) is 6.58. The average Bonchev–Trinajstić information content (AvgIpc) is 2.72. The first-order valence-corrected chi connectivity index (χ1v) is 8.88. The maximum absolute atomic E-state index is 13.0. The fourth-order valence-corrected chi connectivity index (χ4v) is 3.12. The fraction of sp³-hybridized carbons (Fsp3) is 0.273. The number of methoxy groups -OCH3 is 3. The molecule has 0 radical (unpaired) electrons. The Morgan fingerprint density at radius 1 is 0.964 bits per heavy atom. The van der Waals surface area contributed by atoms with Crippen LogP contribution in [0, 0.1) is 6.92 Å². The van der Waals surface area contributed by atoms with Gasteiger partial charge in [-0.2, -0.15) is 0 Å². The van der Waals surface area contributed by atoms with E-state index in [9.17, 15) is 4.79 Å². The molecule has 2 aromatic carbocycles. The molecule has 0 aliphatic rings. The summed E-state index contributed by atoms with van der Waals surface area (Å²) in [5.74, 6) is 1.95. The van der Waals surface area contributed by atoms with Crippen LogP contribution in [0.25, 0.3) is 10.9 Å². The van der Waals surface area contributed by atoms with Gasteiger partial charge in [-0.25, -0.2) is 0 Å². The van der Waals surface area contributed by atoms with Crippen molar-refractivity contribution in [3.8, 4) is 17.2 Å². The number of amides is 1. The first-order chi connectivity index (χ1) is 13.5. The fourth-order valence-electron chi connectivity index (χ4n) is 3.12. The van der Waals surface area contributed by atoms with Gasteiger partial charge in [0.1, 0.15) is 5.75 Å². The minimum absolute atomic E-state index is 0.0856. The van der Waals surface area contributed by atoms with Gasteiger partial charge in [0.15, 0.2) is 11.5 Å². The largest absolute Gasteiger partial charge is 0.497 e. The Morgan fingerprint density at radius 2 is 1.71 bits per heavy atom. The van der Waals surface area contributed by atoms with Crippen LogP contribution in [0.3, 0.4) is 0 Å². The molecule has 6 nitrogen and oxygen atoms in total. The smallest absolute Gasteiger partial charge is 0.255 e. The van der Waals surface area contributed by atoms with E-state index in [1.807, 2.05) is 49.4 Å². The van der Waals surface area contributed by atoms with Gasteiger partial charge in [-0.1, -0.05) is 6.07 Å². The molecule has 0 N–H and O–H groups in total. The monoisotopic (exact) mass is 380 g/mol. The maximum atomic E-state index is 13.0. The highest BCUT2D eigenvalue weighted by molar-refractivity contribution is 5.98. The molecular formula is C22H24N2O4. The van der Waals surface area contributed by atoms with E-state index in [4.69, 9.17) is 14.2 Å². The third-order valence-corrected chi connectivity index (χ3v) is 4.66. The molecule has 0 aliphatic heterocycles. The third-order valence-electron chi connectivity index (χ3n) is 4.66. The molecule has 3 aromatic rings. The number of rotatable bonds is 6. The van der Waals surface area contributed by atoms with Crippen LogP contribution in [0.4, 0.5) is 0 Å². The minimum atomic E-state index is -0.0856. The van der Waals surface area contributed by atoms with E-state index in [-0.39, 0.29) is 5.91 Å². The van der Waals surface area contributed by atoms with Crippen molar-refractivity contribution in [1.82, 2.24) is 9.88 Å². The van der Waals surface area contributed by atoms with Gasteiger partial charge in [0, 0.05) is 25.0 Å². The summed E-state index contributed by atoms with van der Waals surface area (Å²) < 4.78 is 15.8. The molecule has 0 fully saturated rings. The normalized spacial score (nSPS) is 10.6. The first-order valence-electron chi connectivity index (χ1n) is 8.88. The van der Waals surface area contributed by atoms with Crippen molar-refractivity contribution in [3.63, 3.8) is 0 Å². The van der Waals surface area contributed by atoms with Crippen molar-refractivity contribution in [2.45, 2.75) is 13.5 Å². The van der Waals surface area contributed by atoms with Crippen molar-refractivity contribution in [1.29, 1.82) is 0 Å². The first kappa shape index (κ1) is 19.5. The quantitative estimate of drug-likeness (QED) is 0.650. The van der Waals surface area contributed by atoms with Gasteiger partial charge < -0.3 is 19.1 Å². The van der Waals surface area contributed by atoms with Gasteiger partial charge in [-0.3, -0.25) is 9.78 Å². The Balaban J connectivity index is 1.86. The molecule has 0 saturated heterocycles. The van der Waals surface area contributed by atoms with E-state index in [0.717, 1.165) is 22.2 Å². The van der Waals surface area contributed by atoms with E-state index in [0.29, 0.717) is 29.3 Å². The molecule has 0 atom stereocenters. The number of fused-ring (bicyclic) bond motifs is 1. The Kier molecular flexibility index (Phi) is 5.68. The predicted molar refractivity (Wildman–Crippen MR) is 108 cm³/mol. The highest BCUT2D eigenvalue weighted by Gasteiger charge is 2.17. The van der Waals surface area contributed by atoms with Gasteiger partial charge in [0.25, 0.3) is 5.91 Å². The number of pyridine rings is 1. The molecule has 0 saturated carbocycles. The zero-order valence-corrected chi connectivity index (χ0v) is 16.8. The highest BCUT2D eigenvalue weighted by Crippen LogP contribution is 2.28. The van der Waals surface area contributed by atoms with E-state index in [1.54, 1.807) is 33.3 Å². The van der Waals surface area contributed by atoms with Crippen molar-refractivity contribution in [2.75, 3.05) is 28.4 Å². The van der Waals surface area contributed by atoms with Crippen molar-refractivity contribution in [3.05, 3.63) is 59.3 Å². The second-order valence-corrected chi connectivity index (χ2v) is 6.53. The molecule has 146 valence electrons. The number of carbonyl (C=O) groups is 1. The van der Waals surface area contributed by atoms with E-state index >= 15 is 0 Å². The maximum Gasteiger partial charge on any atom is 0.255 e. The molecule has 1 amide bonds. The molecule has 28 heavy (non-hydrogen) atoms. The number of hydrogen-bond acceptors (Lipinski definition) is 5. The third kappa shape index (κ3) is 3.86. The highest BCUT2D eigenvalue weighted by atomic mass is 16.5. The summed E-state index contributed by atoms with van der Waals surface area (Å²) in [5.41, 5.74) is 3.02. The van der Waals surface area contributed by atoms with Gasteiger partial charge in [-0.15, -0.1) is 0 Å². The molecule has 1 heterocycles. The lowest BCUT2D eigenvalue weighted by molar-refractivity contribution is 0.0784. The second kappa shape index (κ2) is 8.17. The summed E-state index contributed by atoms with van der Waals surface area (Å²) in [6, 6.07) is 13.1. The minimum Gasteiger partial charge on any atom is -0.497 e. The lowest BCUT2D eigenvalue weighted by atomic mass is 10.1. The number of ether oxygens (including phenoxy) is 3. The van der Waals surface area contributed by atoms with Crippen LogP contribution in [0.5, 0.6) is 17.2 Å². The Hall–Kier alpha value is -3.28. The van der Waals surface area contributed by atoms with Crippen LogP contribution in [-0.4, -0.2) is 44.2 Å². The number of aryl methyl sites for hydroxylation is 1. The number of nitrogens with zero attached hydrogens (tertiary/aromatic N) is 2. The molecule has 0 bridgehead atoms. The van der Waals surface area contributed by atoms with E-state index < -0.39 is 0 Å². The number of benzene rings is 2. The van der Waals surface area contributed by atoms with Crippen molar-refractivity contribution >= 4 is 16.8 Å². The lowest BCUT2D eigenvalue weighted by Gasteiger charge is -2.19. The average molecular weight is 380 g/mol. The molecule has 0 aliphatic carbocycles. The summed E-state index contributed by atoms with van der Waals surface area (Å²) >= 11 is 0. The standard InChI is InChI=1S/C22H24N2O4/c1-14-18(11-16-7-8-17(26-3)12-19(16)23-14)22(25)24(2)13-15-6-9-20(27-4)21(10-15)28-5/h6-12H,13H2,1-5H3. The summed E-state index contributed by atoms with van der Waals surface area (Å²) in [6.07, 6.45) is 0. The number of hydrogen-bond donors (Lipinski definition) is 0. The van der Waals surface area contributed by atoms with Gasteiger partial charge in [-0.05, 0) is 42.8 Å². The number of aromatic nitrogens is 1. The predicted octanol–water partition coefficient (Wildman–Crippen LogP) is 3.84. The molecule has 1 aromatic heterocycles. The Labute approximate surface area is 164 Å². The van der Waals surface area contributed by atoms with Crippen LogP contribution in [0.2, 0.25) is 0 Å². The molecule has 3 rings (SSSR count). The summed E-state index contributed by atoms with van der Waals surface area (Å²) in [6.45, 7) is 2.29. The van der Waals surface area contributed by atoms with E-state index in [1.165, 1.54) is 0 Å². The number of carbonyl (C=O) groups excluding carboxylic acids is 1. The summed E-state index contributed by atoms with van der Waals surface area (Å²) in [5, 5.41) is 0.897. The van der Waals surface area contributed by atoms with Crippen LogP contribution in [-0.2, 0) is 6.54 Å². The van der Waals surface area contributed by atoms with Crippen LogP contribution >= 0.6 is 0 Å². The van der Waals surface area contributed by atoms with Crippen LogP contribution in [0.1, 0.15) is 21.6 Å². The molecule has 6 heteroatoms. The second-order valence-electron chi connectivity index (χ2n) is 6.53. The zero-order valence-electron chi connectivity index (χ0n) is 16.8. The van der Waals surface area contributed by atoms with Gasteiger partial charge in [0.05, 0.1) is 38.1 Å². The van der Waals surface area contributed by atoms with Crippen LogP contribution < -0.4 is 14.2 Å². The van der Waals surface area contributed by atoms with Gasteiger partial charge in [0.2, 0.25) is 0 Å². The Bertz CT molecular complexity index is 1020. The van der Waals surface area contributed by atoms with Crippen molar-refractivity contribution < 1.29 is 19.0 Å². The Morgan fingerprint density at radius 3 is 2.39 bits per heavy atom. The summed E-state index contributed by atoms with van der Waals surface area (Å²) in [4.78, 5) is 19.3. The van der Waals surface area contributed by atoms with Crippen molar-refractivity contribution in [2.24, 2.45) is 0 Å². The lowest BCUT2D eigenvalue weighted by Crippen LogP contribution is -2.27. The molecule has 0 spiro atoms. The SMILES string of the molecule is COc1ccc2cc(C(=O)N(C)Cc3ccc(OC)c(OC)c3)c(C)nc2c1. The zero-order chi connectivity index (χ0) is 20.3. The van der Waals surface area contributed by atoms with E-state index in [2.05, 4.69) is 4.98 Å². The van der Waals surface area contributed by atoms with Crippen LogP contribution in [0.15, 0.2) is 42.5 Å². The topological polar surface area (TPSA) is 60.9 Å². The molecule has 0 unspecified atom stereocenters.